The van der Waals surface area contributed by atoms with Crippen LogP contribution in [0.4, 0.5) is 0 Å². The molecule has 1 nitrogen and oxygen atoms in total. The molecule has 0 heterocycles. The van der Waals surface area contributed by atoms with Gasteiger partial charge in [-0.3, -0.25) is 0 Å². The minimum atomic E-state index is 0. The Labute approximate surface area is 109 Å². The first-order valence-corrected chi connectivity index (χ1v) is 0. The maximum atomic E-state index is 0. The summed E-state index contributed by atoms with van der Waals surface area (Å²) in [5.41, 5.74) is 0. The van der Waals surface area contributed by atoms with Crippen molar-refractivity contribution in [3.8, 4) is 0 Å². The second kappa shape index (κ2) is 16.2. The van der Waals surface area contributed by atoms with Gasteiger partial charge in [-0.1, -0.05) is 0 Å². The van der Waals surface area contributed by atoms with Gasteiger partial charge in [-0.25, -0.2) is 0 Å². The van der Waals surface area contributed by atoms with E-state index in [0.717, 1.165) is 0 Å². The molecule has 0 spiro atoms. The van der Waals surface area contributed by atoms with Crippen molar-refractivity contribution < 1.29 is 63.1 Å². The van der Waals surface area contributed by atoms with Gasteiger partial charge in [0.05, 0.1) is 0 Å². The summed E-state index contributed by atoms with van der Waals surface area (Å²) < 4.78 is 0. The van der Waals surface area contributed by atoms with Crippen molar-refractivity contribution in [2.75, 3.05) is 0 Å². The van der Waals surface area contributed by atoms with Crippen LogP contribution < -0.4 is 0 Å². The average Bonchev–Trinajstić information content (AvgIpc) is 0. The van der Waals surface area contributed by atoms with Crippen LogP contribution in [0.3, 0.4) is 0 Å². The van der Waals surface area contributed by atoms with Crippen LogP contribution in [0.1, 0.15) is 2.85 Å². The van der Waals surface area contributed by atoms with E-state index in [1.54, 1.807) is 0 Å². The molecule has 0 aromatic heterocycles. The predicted octanol–water partition coefficient (Wildman–Crippen LogP) is -0.983. The summed E-state index contributed by atoms with van der Waals surface area (Å²) in [6, 6.07) is 0. The summed E-state index contributed by atoms with van der Waals surface area (Å²) in [4.78, 5) is 0. The Bertz CT molecular complexity index is 13.5. The molecule has 0 fully saturated rings. The summed E-state index contributed by atoms with van der Waals surface area (Å²) in [6.07, 6.45) is 0. The van der Waals surface area contributed by atoms with Crippen LogP contribution in [-0.4, -0.2) is 54.4 Å². The first-order chi connectivity index (χ1) is 0. The minimum Gasteiger partial charge on any atom is -1.00 e. The van der Waals surface area contributed by atoms with Gasteiger partial charge in [-0.05, 0) is 0 Å². The van der Waals surface area contributed by atoms with E-state index in [1.165, 1.54) is 0 Å². The van der Waals surface area contributed by atoms with Gasteiger partial charge in [-0.15, -0.1) is 0 Å². The van der Waals surface area contributed by atoms with Gasteiger partial charge >= 0.3 is 48.9 Å². The molecule has 0 aromatic carbocycles. The fourth-order valence-corrected chi connectivity index (χ4v) is 0. The van der Waals surface area contributed by atoms with Crippen LogP contribution in [0.15, 0.2) is 0 Å². The Morgan fingerprint density at radius 3 is 1.25 bits per heavy atom. The summed E-state index contributed by atoms with van der Waals surface area (Å²) >= 11 is 0. The van der Waals surface area contributed by atoms with Crippen LogP contribution in [-0.2, 0) is 17.1 Å². The molecule has 0 amide bonds. The van der Waals surface area contributed by atoms with E-state index in [-0.39, 0.29) is 112 Å². The Morgan fingerprint density at radius 1 is 1.25 bits per heavy atom. The van der Waals surface area contributed by atoms with Gasteiger partial charge in [0.1, 0.15) is 0 Å². The molecular weight excluding hydrogens is 382 g/mol. The van der Waals surface area contributed by atoms with Crippen LogP contribution >= 0.6 is 0 Å². The Kier molecular flexibility index (Phi) is 108. The molecule has 2 N–H and O–H groups in total. The Balaban J connectivity index is 0. The molecule has 0 aromatic rings. The van der Waals surface area contributed by atoms with Gasteiger partial charge in [-0.2, -0.15) is 0 Å². The maximum Gasteiger partial charge on any atom is 2.00 e. The topological polar surface area (TPSA) is 31.5 Å². The molecule has 4 heavy (non-hydrogen) atoms. The molecule has 0 saturated carbocycles. The summed E-state index contributed by atoms with van der Waals surface area (Å²) in [7, 11) is 0. The zero-order chi connectivity index (χ0) is 0. The van der Waals surface area contributed by atoms with Gasteiger partial charge in [0.2, 0.25) is 0 Å². The fourth-order valence-electron chi connectivity index (χ4n) is 0. The first-order valence-electron chi connectivity index (χ1n) is 0. The van der Waals surface area contributed by atoms with Crippen LogP contribution in [0.25, 0.3) is 0 Å². The largest absolute Gasteiger partial charge is 2.00 e. The van der Waals surface area contributed by atoms with Crippen molar-refractivity contribution in [3.05, 3.63) is 0 Å². The van der Waals surface area contributed by atoms with Crippen LogP contribution in [0.5, 0.6) is 0 Å². The number of rotatable bonds is 0. The second-order valence-electron chi connectivity index (χ2n) is 0. The van der Waals surface area contributed by atoms with E-state index < -0.39 is 0 Å². The van der Waals surface area contributed by atoms with E-state index in [2.05, 4.69) is 0 Å². The smallest absolute Gasteiger partial charge is 1.00 e. The van der Waals surface area contributed by atoms with E-state index in [0.29, 0.717) is 0 Å². The first kappa shape index (κ1) is 26.6. The normalized spacial score (nSPS) is 0. The Morgan fingerprint density at radius 2 is 1.25 bits per heavy atom. The molecule has 0 unspecified atom stereocenters. The van der Waals surface area contributed by atoms with E-state index in [1.807, 2.05) is 0 Å². The van der Waals surface area contributed by atoms with Gasteiger partial charge in [0.25, 0.3) is 0 Å². The fraction of sp³-hybridized carbons (Fsp3) is 0. The molecule has 34 valence electrons. The van der Waals surface area contributed by atoms with Crippen molar-refractivity contribution in [1.29, 1.82) is 0 Å². The molecule has 0 rings (SSSR count). The third kappa shape index (κ3) is 9.00. The molecule has 2 radical (unpaired) electrons. The molecule has 0 aliphatic carbocycles. The molecule has 0 aliphatic rings. The van der Waals surface area contributed by atoms with Crippen molar-refractivity contribution >= 4 is 48.9 Å². The Hall–Kier alpha value is 3.31. The third-order valence-corrected chi connectivity index (χ3v) is 0. The minimum absolute atomic E-state index is 0. The SMILES string of the molecule is O.[Ba+2].[Cu].[H-].[H-].[Ho]. The van der Waals surface area contributed by atoms with Gasteiger partial charge in [0, 0.05) is 54.8 Å². The van der Waals surface area contributed by atoms with E-state index in [9.17, 15) is 0 Å². The number of hydrogen-bond acceptors (Lipinski definition) is 0. The monoisotopic (exact) mass is 386 g/mol. The summed E-state index contributed by atoms with van der Waals surface area (Å²) in [5.74, 6) is 0. The third-order valence-electron chi connectivity index (χ3n) is 0. The molecule has 0 atom stereocenters. The molecule has 0 bridgehead atoms. The molecule has 0 aliphatic heterocycles. The summed E-state index contributed by atoms with van der Waals surface area (Å²) in [5, 5.41) is 0. The van der Waals surface area contributed by atoms with E-state index in [4.69, 9.17) is 0 Å². The van der Waals surface area contributed by atoms with E-state index >= 15 is 0 Å². The second-order valence-corrected chi connectivity index (χ2v) is 0. The molecule has 0 saturated heterocycles. The standard InChI is InChI=1S/Ba.Cu.Ho.H2O.2H/h;;;1H2;;/q+2;;;;2*-1. The zero-order valence-corrected chi connectivity index (χ0v) is 9.13. The average molecular weight is 386 g/mol. The molecule has 4 heteroatoms. The summed E-state index contributed by atoms with van der Waals surface area (Å²) in [6.45, 7) is 0. The zero-order valence-electron chi connectivity index (χ0n) is 3.81. The van der Waals surface area contributed by atoms with Gasteiger partial charge < -0.3 is 8.33 Å². The van der Waals surface area contributed by atoms with Gasteiger partial charge in [0.15, 0.2) is 0 Å². The van der Waals surface area contributed by atoms with Crippen molar-refractivity contribution in [3.63, 3.8) is 0 Å². The van der Waals surface area contributed by atoms with Crippen molar-refractivity contribution in [2.24, 2.45) is 0 Å². The quantitative estimate of drug-likeness (QED) is 0.480. The van der Waals surface area contributed by atoms with Crippen LogP contribution in [0.2, 0.25) is 0 Å². The molecular formula is H4BaCuHoO. The van der Waals surface area contributed by atoms with Crippen molar-refractivity contribution in [2.45, 2.75) is 0 Å². The maximum absolute atomic E-state index is 0. The number of hydrogen-bond donors (Lipinski definition) is 0. The van der Waals surface area contributed by atoms with Crippen molar-refractivity contribution in [1.82, 2.24) is 0 Å². The predicted molar refractivity (Wildman–Crippen MR) is 11.6 cm³/mol. The van der Waals surface area contributed by atoms with Crippen LogP contribution in [0, 0.1) is 37.7 Å².